The Bertz CT molecular complexity index is 946. The van der Waals surface area contributed by atoms with Crippen molar-refractivity contribution in [1.29, 1.82) is 5.26 Å². The van der Waals surface area contributed by atoms with E-state index in [4.69, 9.17) is 26.2 Å². The summed E-state index contributed by atoms with van der Waals surface area (Å²) in [6, 6.07) is 6.61. The molecule has 136 valence electrons. The summed E-state index contributed by atoms with van der Waals surface area (Å²) in [5.41, 5.74) is 0.907. The first-order valence-electron chi connectivity index (χ1n) is 7.78. The lowest BCUT2D eigenvalue weighted by Crippen LogP contribution is -2.23. The van der Waals surface area contributed by atoms with E-state index >= 15 is 0 Å². The number of nitrogens with zero attached hydrogens (tertiary/aromatic N) is 1. The van der Waals surface area contributed by atoms with Crippen LogP contribution in [0.5, 0.6) is 11.5 Å². The number of pyridine rings is 1. The number of benzene rings is 1. The highest BCUT2D eigenvalue weighted by molar-refractivity contribution is 6.32. The van der Waals surface area contributed by atoms with Crippen LogP contribution < -0.4 is 15.0 Å². The van der Waals surface area contributed by atoms with Crippen molar-refractivity contribution < 1.29 is 19.4 Å². The molecule has 0 saturated carbocycles. The number of ether oxygens (including phenoxy) is 2. The van der Waals surface area contributed by atoms with E-state index < -0.39 is 17.6 Å². The monoisotopic (exact) mass is 376 g/mol. The Hall–Kier alpha value is -2.98. The number of carboxylic acids is 1. The third-order valence-corrected chi connectivity index (χ3v) is 3.82. The fourth-order valence-corrected chi connectivity index (χ4v) is 2.61. The molecule has 1 atom stereocenters. The number of hydrogen-bond donors (Lipinski definition) is 2. The molecule has 0 aliphatic rings. The van der Waals surface area contributed by atoms with Crippen LogP contribution in [0.1, 0.15) is 25.1 Å². The number of aliphatic carboxylic acids is 1. The normalized spacial score (nSPS) is 11.5. The zero-order valence-electron chi connectivity index (χ0n) is 14.4. The highest BCUT2D eigenvalue weighted by atomic mass is 35.5. The van der Waals surface area contributed by atoms with Crippen molar-refractivity contribution in [3.05, 3.63) is 44.8 Å². The van der Waals surface area contributed by atoms with Gasteiger partial charge in [0.2, 0.25) is 0 Å². The van der Waals surface area contributed by atoms with Gasteiger partial charge >= 0.3 is 5.97 Å². The second-order valence-electron chi connectivity index (χ2n) is 5.50. The first kappa shape index (κ1) is 19.3. The van der Waals surface area contributed by atoms with Crippen LogP contribution in [0.3, 0.4) is 0 Å². The number of H-pyrrole nitrogens is 1. The van der Waals surface area contributed by atoms with E-state index in [9.17, 15) is 14.9 Å². The van der Waals surface area contributed by atoms with Gasteiger partial charge in [-0.15, -0.1) is 0 Å². The quantitative estimate of drug-likeness (QED) is 0.800. The minimum Gasteiger partial charge on any atom is -0.490 e. The lowest BCUT2D eigenvalue weighted by atomic mass is 10.0. The molecule has 0 aliphatic heterocycles. The number of halogens is 1. The standard InChI is InChI=1S/C18H17ClN2O5/c1-4-25-15-7-11(6-14(19)16(15)26-10(3)18(23)24)12-5-9(2)21-17(22)13(12)8-20/h5-7,10H,4H2,1-3H3,(H,21,22)(H,23,24). The Labute approximate surface area is 154 Å². The number of rotatable bonds is 6. The fraction of sp³-hybridized carbons (Fsp3) is 0.278. The maximum Gasteiger partial charge on any atom is 0.344 e. The van der Waals surface area contributed by atoms with Crippen molar-refractivity contribution in [2.24, 2.45) is 0 Å². The third-order valence-electron chi connectivity index (χ3n) is 3.54. The second-order valence-corrected chi connectivity index (χ2v) is 5.91. The summed E-state index contributed by atoms with van der Waals surface area (Å²) in [6.45, 7) is 5.11. The van der Waals surface area contributed by atoms with Gasteiger partial charge in [0.15, 0.2) is 17.6 Å². The molecule has 1 heterocycles. The minimum absolute atomic E-state index is 0.0540. The van der Waals surface area contributed by atoms with Crippen molar-refractivity contribution in [2.75, 3.05) is 6.61 Å². The largest absolute Gasteiger partial charge is 0.490 e. The molecule has 0 spiro atoms. The van der Waals surface area contributed by atoms with Crippen molar-refractivity contribution in [3.63, 3.8) is 0 Å². The van der Waals surface area contributed by atoms with Gasteiger partial charge in [-0.3, -0.25) is 4.79 Å². The lowest BCUT2D eigenvalue weighted by Gasteiger charge is -2.17. The van der Waals surface area contributed by atoms with Gasteiger partial charge in [0.05, 0.1) is 11.6 Å². The molecule has 0 amide bonds. The fourth-order valence-electron chi connectivity index (χ4n) is 2.36. The van der Waals surface area contributed by atoms with Crippen LogP contribution in [0.25, 0.3) is 11.1 Å². The van der Waals surface area contributed by atoms with Gasteiger partial charge in [0.25, 0.3) is 5.56 Å². The molecular formula is C18H17ClN2O5. The highest BCUT2D eigenvalue weighted by Crippen LogP contribution is 2.40. The molecule has 7 nitrogen and oxygen atoms in total. The Morgan fingerprint density at radius 3 is 2.69 bits per heavy atom. The van der Waals surface area contributed by atoms with Crippen LogP contribution >= 0.6 is 11.6 Å². The van der Waals surface area contributed by atoms with E-state index in [0.29, 0.717) is 16.8 Å². The molecule has 0 saturated heterocycles. The Balaban J connectivity index is 2.66. The number of aryl methyl sites for hydroxylation is 1. The number of hydrogen-bond acceptors (Lipinski definition) is 5. The van der Waals surface area contributed by atoms with Crippen LogP contribution in [-0.2, 0) is 4.79 Å². The van der Waals surface area contributed by atoms with E-state index in [-0.39, 0.29) is 28.7 Å². The summed E-state index contributed by atoms with van der Waals surface area (Å²) in [5, 5.41) is 18.4. The molecule has 8 heteroatoms. The smallest absolute Gasteiger partial charge is 0.344 e. The second kappa shape index (κ2) is 7.93. The van der Waals surface area contributed by atoms with E-state index in [2.05, 4.69) is 4.98 Å². The average Bonchev–Trinajstić information content (AvgIpc) is 2.56. The van der Waals surface area contributed by atoms with Crippen LogP contribution in [0.15, 0.2) is 23.0 Å². The first-order valence-corrected chi connectivity index (χ1v) is 8.16. The number of nitrogens with one attached hydrogen (secondary N) is 1. The van der Waals surface area contributed by atoms with Crippen molar-refractivity contribution in [1.82, 2.24) is 4.98 Å². The summed E-state index contributed by atoms with van der Waals surface area (Å²) in [5.74, 6) is -0.832. The topological polar surface area (TPSA) is 112 Å². The molecule has 1 aromatic carbocycles. The van der Waals surface area contributed by atoms with Gasteiger partial charge in [0, 0.05) is 11.3 Å². The highest BCUT2D eigenvalue weighted by Gasteiger charge is 2.21. The predicted molar refractivity (Wildman–Crippen MR) is 95.9 cm³/mol. The van der Waals surface area contributed by atoms with Gasteiger partial charge in [-0.05, 0) is 44.5 Å². The molecule has 0 fully saturated rings. The number of nitriles is 1. The van der Waals surface area contributed by atoms with Gasteiger partial charge in [-0.2, -0.15) is 5.26 Å². The summed E-state index contributed by atoms with van der Waals surface area (Å²) < 4.78 is 10.9. The predicted octanol–water partition coefficient (Wildman–Crippen LogP) is 3.13. The van der Waals surface area contributed by atoms with Crippen LogP contribution in [0.2, 0.25) is 5.02 Å². The Morgan fingerprint density at radius 1 is 1.42 bits per heavy atom. The summed E-state index contributed by atoms with van der Waals surface area (Å²) in [7, 11) is 0. The minimum atomic E-state index is -1.15. The van der Waals surface area contributed by atoms with Crippen molar-refractivity contribution in [2.45, 2.75) is 26.9 Å². The molecular weight excluding hydrogens is 360 g/mol. The molecule has 1 aromatic heterocycles. The van der Waals surface area contributed by atoms with Crippen LogP contribution in [-0.4, -0.2) is 28.8 Å². The van der Waals surface area contributed by atoms with Crippen molar-refractivity contribution >= 4 is 17.6 Å². The Kier molecular flexibility index (Phi) is 5.90. The van der Waals surface area contributed by atoms with Gasteiger partial charge in [-0.1, -0.05) is 11.6 Å². The molecule has 26 heavy (non-hydrogen) atoms. The molecule has 0 aliphatic carbocycles. The molecule has 2 N–H and O–H groups in total. The number of carbonyl (C=O) groups is 1. The zero-order valence-corrected chi connectivity index (χ0v) is 15.2. The zero-order chi connectivity index (χ0) is 19.4. The number of carboxylic acid groups (broad SMARTS) is 1. The van der Waals surface area contributed by atoms with E-state index in [1.54, 1.807) is 26.0 Å². The lowest BCUT2D eigenvalue weighted by molar-refractivity contribution is -0.144. The van der Waals surface area contributed by atoms with Gasteiger partial charge in [0.1, 0.15) is 11.6 Å². The molecule has 0 bridgehead atoms. The van der Waals surface area contributed by atoms with Gasteiger partial charge in [-0.25, -0.2) is 4.79 Å². The average molecular weight is 377 g/mol. The molecule has 1 unspecified atom stereocenters. The summed E-state index contributed by atoms with van der Waals surface area (Å²) in [6.07, 6.45) is -1.13. The summed E-state index contributed by atoms with van der Waals surface area (Å²) >= 11 is 6.28. The number of aromatic nitrogens is 1. The van der Waals surface area contributed by atoms with E-state index in [0.717, 1.165) is 0 Å². The SMILES string of the molecule is CCOc1cc(-c2cc(C)[nH]c(=O)c2C#N)cc(Cl)c1OC(C)C(=O)O. The van der Waals surface area contributed by atoms with E-state index in [1.165, 1.54) is 13.0 Å². The van der Waals surface area contributed by atoms with Crippen LogP contribution in [0.4, 0.5) is 0 Å². The third kappa shape index (κ3) is 3.98. The van der Waals surface area contributed by atoms with E-state index in [1.807, 2.05) is 6.07 Å². The van der Waals surface area contributed by atoms with Gasteiger partial charge < -0.3 is 19.6 Å². The molecule has 2 aromatic rings. The van der Waals surface area contributed by atoms with Crippen molar-refractivity contribution in [3.8, 4) is 28.7 Å². The Morgan fingerprint density at radius 2 is 2.12 bits per heavy atom. The van der Waals surface area contributed by atoms with Crippen LogP contribution in [0, 0.1) is 18.3 Å². The first-order chi connectivity index (χ1) is 12.3. The maximum atomic E-state index is 12.0. The maximum absolute atomic E-state index is 12.0. The molecule has 0 radical (unpaired) electrons. The summed E-state index contributed by atoms with van der Waals surface area (Å²) in [4.78, 5) is 25.6. The molecule has 2 rings (SSSR count). The number of aromatic amines is 1.